The van der Waals surface area contributed by atoms with Crippen LogP contribution in [0.1, 0.15) is 27.8 Å². The predicted octanol–water partition coefficient (Wildman–Crippen LogP) is 13.3. The van der Waals surface area contributed by atoms with Gasteiger partial charge < -0.3 is 74.9 Å². The molecule has 0 spiro atoms. The summed E-state index contributed by atoms with van der Waals surface area (Å²) in [5.74, 6) is 2.89. The summed E-state index contributed by atoms with van der Waals surface area (Å²) >= 11 is 0. The van der Waals surface area contributed by atoms with Crippen molar-refractivity contribution in [3.63, 3.8) is 0 Å². The average molecular weight is 1450 g/mol. The lowest BCUT2D eigenvalue weighted by Gasteiger charge is -2.30. The maximum Gasteiger partial charge on any atom is 0.684 e. The second kappa shape index (κ2) is 35.0. The van der Waals surface area contributed by atoms with Crippen LogP contribution in [0.15, 0.2) is 213 Å². The highest BCUT2D eigenvalue weighted by Gasteiger charge is 2.56. The highest BCUT2D eigenvalue weighted by molar-refractivity contribution is 6.76. The summed E-state index contributed by atoms with van der Waals surface area (Å²) < 4.78 is 251. The van der Waals surface area contributed by atoms with Crippen molar-refractivity contribution in [3.05, 3.63) is 241 Å². The molecule has 0 radical (unpaired) electrons. The molecule has 103 heavy (non-hydrogen) atoms. The number of para-hydroxylation sites is 8. The van der Waals surface area contributed by atoms with Crippen molar-refractivity contribution in [3.8, 4) is 57.1 Å². The van der Waals surface area contributed by atoms with Crippen LogP contribution in [0.25, 0.3) is 11.1 Å². The molecule has 5 heterocycles. The maximum atomic E-state index is 13.9. The monoisotopic (exact) mass is 1450 g/mol. The number of fused-ring (bicyclic) bond motifs is 4. The molecule has 0 unspecified atom stereocenters. The summed E-state index contributed by atoms with van der Waals surface area (Å²) in [5, 5.41) is 0. The molecule has 0 saturated heterocycles. The number of aromatic nitrogens is 2. The maximum absolute atomic E-state index is 13.9. The van der Waals surface area contributed by atoms with E-state index < -0.39 is 71.3 Å². The first-order chi connectivity index (χ1) is 49.5. The number of nitrogens with zero attached hydrogens (tertiary/aromatic N) is 2. The fourth-order valence-electron chi connectivity index (χ4n) is 10.8. The first kappa shape index (κ1) is 75.9. The second-order valence-electron chi connectivity index (χ2n) is 23.1. The molecule has 546 valence electrons. The number of pyridine rings is 2. The number of aryl methyl sites for hydroxylation is 1. The predicted molar refractivity (Wildman–Crippen MR) is 353 cm³/mol. The van der Waals surface area contributed by atoms with E-state index in [1.165, 1.54) is 112 Å². The van der Waals surface area contributed by atoms with Crippen molar-refractivity contribution in [2.24, 2.45) is 0 Å². The van der Waals surface area contributed by atoms with Crippen LogP contribution in [0.2, 0.25) is 0 Å². The Kier molecular flexibility index (Phi) is 25.8. The van der Waals surface area contributed by atoms with Gasteiger partial charge in [0.2, 0.25) is 0 Å². The summed E-state index contributed by atoms with van der Waals surface area (Å²) in [7, 11) is 0. The molecule has 2 aromatic heterocycles. The molecule has 7 aromatic carbocycles. The lowest BCUT2D eigenvalue weighted by atomic mass is 9.62. The van der Waals surface area contributed by atoms with E-state index in [2.05, 4.69) is 19.1 Å². The van der Waals surface area contributed by atoms with Gasteiger partial charge in [0.25, 0.3) is 0 Å². The van der Waals surface area contributed by atoms with Crippen LogP contribution < -0.4 is 57.4 Å². The van der Waals surface area contributed by atoms with Gasteiger partial charge in [-0.2, -0.15) is 52.7 Å². The third-order valence-corrected chi connectivity index (χ3v) is 15.8. The third kappa shape index (κ3) is 20.8. The Bertz CT molecular complexity index is 3730. The Labute approximate surface area is 584 Å². The summed E-state index contributed by atoms with van der Waals surface area (Å²) in [6.07, 6.45) is -15.4. The first-order valence-corrected chi connectivity index (χ1v) is 32.5. The molecule has 9 aromatic rings. The Morgan fingerprint density at radius 3 is 0.689 bits per heavy atom. The molecule has 0 bridgehead atoms. The van der Waals surface area contributed by atoms with Crippen molar-refractivity contribution in [1.82, 2.24) is 0 Å². The largest absolute Gasteiger partial charge is 0.684 e. The molecule has 0 amide bonds. The molecular weight excluding hydrogens is 1380 g/mol. The van der Waals surface area contributed by atoms with Crippen LogP contribution in [0.5, 0.6) is 46.0 Å². The number of alkyl halides is 12. The number of hydrogen-bond acceptors (Lipinski definition) is 14. The van der Waals surface area contributed by atoms with E-state index in [0.29, 0.717) is 164 Å². The zero-order valence-electron chi connectivity index (χ0n) is 55.3. The molecule has 0 atom stereocenters. The number of rotatable bonds is 5. The zero-order chi connectivity index (χ0) is 72.9. The fraction of sp³-hybridized carbons (Fsp3) is 0.288. The van der Waals surface area contributed by atoms with Gasteiger partial charge in [-0.15, -0.1) is 0 Å². The number of halogens is 12. The van der Waals surface area contributed by atoms with Gasteiger partial charge in [-0.25, -0.2) is 0 Å². The Morgan fingerprint density at radius 2 is 0.476 bits per heavy atom. The van der Waals surface area contributed by atoms with Gasteiger partial charge >= 0.3 is 38.1 Å². The van der Waals surface area contributed by atoms with E-state index in [9.17, 15) is 52.7 Å². The van der Waals surface area contributed by atoms with Crippen LogP contribution in [-0.4, -0.2) is 119 Å². The van der Waals surface area contributed by atoms with Crippen LogP contribution in [-0.2, 0) is 53.1 Å². The van der Waals surface area contributed by atoms with Gasteiger partial charge in [0.1, 0.15) is 74.2 Å². The third-order valence-electron chi connectivity index (χ3n) is 15.8. The lowest BCUT2D eigenvalue weighted by Crippen LogP contribution is -2.78. The Hall–Kier alpha value is -9.71. The van der Waals surface area contributed by atoms with Gasteiger partial charge in [-0.05, 0) is 89.6 Å². The summed E-state index contributed by atoms with van der Waals surface area (Å²) in [4.78, 5) is 0. The molecule has 0 N–H and O–H groups in total. The van der Waals surface area contributed by atoms with Gasteiger partial charge in [0.15, 0.2) is 23.0 Å². The average Bonchev–Trinajstić information content (AvgIpc) is 1.63. The molecule has 0 saturated carbocycles. The van der Waals surface area contributed by atoms with Crippen molar-refractivity contribution in [1.29, 1.82) is 0 Å². The van der Waals surface area contributed by atoms with E-state index in [1.807, 2.05) is 66.7 Å². The van der Waals surface area contributed by atoms with Crippen LogP contribution in [0.4, 0.5) is 52.7 Å². The van der Waals surface area contributed by atoms with E-state index >= 15 is 0 Å². The van der Waals surface area contributed by atoms with E-state index in [1.54, 1.807) is 0 Å². The Morgan fingerprint density at radius 1 is 0.262 bits per heavy atom. The van der Waals surface area contributed by atoms with Gasteiger partial charge in [0, 0.05) is 24.3 Å². The van der Waals surface area contributed by atoms with Crippen molar-refractivity contribution >= 4 is 24.3 Å². The normalized spacial score (nSPS) is 16.5. The van der Waals surface area contributed by atoms with Crippen molar-refractivity contribution in [2.75, 3.05) is 106 Å². The SMILES string of the molecule is Cc1ccccc1.FC(F)(F)c1cc([B-]2([n+]3ccc(-c4cc[n+]([B-]5(c6cc(C(F)(F)F)cc(C(F)(F)F)c6)Oc6ccccc6O5)cc4)cc3)Oc3ccccc3O2)cc(C(F)(F)F)c1.c1ccc2c(c1)OCCOCCOCCOCCOc1ccccc1OCCOCCOCCOCCO2. The van der Waals surface area contributed by atoms with Gasteiger partial charge in [-0.3, -0.25) is 0 Å². The van der Waals surface area contributed by atoms with Gasteiger partial charge in [-0.1, -0.05) is 109 Å². The molecule has 0 fully saturated rings. The van der Waals surface area contributed by atoms with E-state index in [0.717, 1.165) is 0 Å². The minimum Gasteiger partial charge on any atom is -0.616 e. The highest BCUT2D eigenvalue weighted by atomic mass is 19.4. The quantitative estimate of drug-likeness (QED) is 0.119. The topological polar surface area (TPSA) is 137 Å². The van der Waals surface area contributed by atoms with E-state index in [4.69, 9.17) is 66.0 Å². The summed E-state index contributed by atoms with van der Waals surface area (Å²) in [6, 6.07) is 45.0. The number of hydrogen-bond donors (Lipinski definition) is 0. The van der Waals surface area contributed by atoms with Crippen molar-refractivity contribution in [2.45, 2.75) is 31.6 Å². The van der Waals surface area contributed by atoms with Crippen LogP contribution >= 0.6 is 0 Å². The minimum atomic E-state index is -5.17. The van der Waals surface area contributed by atoms with E-state index in [-0.39, 0.29) is 35.1 Å². The molecule has 30 heteroatoms. The molecule has 0 aliphatic carbocycles. The molecule has 3 aliphatic heterocycles. The minimum absolute atomic E-state index is 0.0150. The molecule has 3 aliphatic rings. The molecule has 16 nitrogen and oxygen atoms in total. The van der Waals surface area contributed by atoms with Crippen LogP contribution in [0.3, 0.4) is 0 Å². The van der Waals surface area contributed by atoms with Crippen molar-refractivity contribution < 1.29 is 128 Å². The Balaban J connectivity index is 0.000000217. The lowest BCUT2D eigenvalue weighted by molar-refractivity contribution is -0.566. The summed E-state index contributed by atoms with van der Waals surface area (Å²) in [5.41, 5.74) is -5.38. The standard InChI is InChI=1S/C38H22B2F12N2O4.C28H40O10.C7H8/c41-35(42,43)25-17-26(36(44,45)46)20-29(19-25)39(55-31-5-1-2-6-32(31)56-39)53-13-9-23(10-14-53)24-11-15-54(16-12-24)40(57-33-7-3-4-8-34(33)58-40)30-21-27(37(47,48)49)18-28(22-30)38(50,51)52;1-2-6-26-25(5-1)35-21-17-31-13-9-29-11-15-33-19-23-37-27-7-3-4-8-28(27)38-24-20-34-16-12-30-10-14-32-18-22-36-26;1-7-5-3-2-4-6-7/h1-22H;1-8H,9-24H2;2-6H,1H3. The molecular formula is C73H70B2F12N2O14. The first-order valence-electron chi connectivity index (χ1n) is 32.5. The smallest absolute Gasteiger partial charge is 0.616 e. The number of ether oxygens (including phenoxy) is 10. The summed E-state index contributed by atoms with van der Waals surface area (Å²) in [6.45, 7) is 2.74. The van der Waals surface area contributed by atoms with Crippen LogP contribution in [0, 0.1) is 6.92 Å². The zero-order valence-corrected chi connectivity index (χ0v) is 55.3. The fourth-order valence-corrected chi connectivity index (χ4v) is 10.8. The highest BCUT2D eigenvalue weighted by Crippen LogP contribution is 2.42. The van der Waals surface area contributed by atoms with Gasteiger partial charge in [0.05, 0.1) is 102 Å². The number of benzene rings is 7. The second-order valence-corrected chi connectivity index (χ2v) is 23.1. The molecule has 12 rings (SSSR count).